The van der Waals surface area contributed by atoms with Gasteiger partial charge in [0.1, 0.15) is 0 Å². The highest BCUT2D eigenvalue weighted by Gasteiger charge is 2.11. The second-order valence-electron chi connectivity index (χ2n) is 1.58. The van der Waals surface area contributed by atoms with Gasteiger partial charge >= 0.3 is 0 Å². The van der Waals surface area contributed by atoms with Gasteiger partial charge in [-0.05, 0) is 10.8 Å². The summed E-state index contributed by atoms with van der Waals surface area (Å²) in [6.45, 7) is 1.16. The van der Waals surface area contributed by atoms with Crippen molar-refractivity contribution in [2.45, 2.75) is 0 Å². The molecule has 0 aromatic carbocycles. The van der Waals surface area contributed by atoms with Crippen LogP contribution in [-0.2, 0) is 0 Å². The van der Waals surface area contributed by atoms with Crippen LogP contribution >= 0.6 is 21.8 Å². The van der Waals surface area contributed by atoms with Gasteiger partial charge in [0.15, 0.2) is 0 Å². The predicted molar refractivity (Wildman–Crippen MR) is 43.5 cm³/mol. The lowest BCUT2D eigenvalue weighted by molar-refractivity contribution is 1.03. The van der Waals surface area contributed by atoms with Crippen molar-refractivity contribution in [1.82, 2.24) is 4.72 Å². The van der Waals surface area contributed by atoms with Crippen LogP contribution in [0.15, 0.2) is 10.6 Å². The average molecular weight is 163 g/mol. The lowest BCUT2D eigenvalue weighted by Crippen LogP contribution is -2.14. The van der Waals surface area contributed by atoms with E-state index in [1.54, 1.807) is 21.8 Å². The van der Waals surface area contributed by atoms with E-state index in [2.05, 4.69) is 4.72 Å². The second-order valence-corrected chi connectivity index (χ2v) is 3.61. The Morgan fingerprint density at radius 2 is 2.11 bits per heavy atom. The Hall–Kier alpha value is 0.160. The van der Waals surface area contributed by atoms with Crippen LogP contribution in [0.1, 0.15) is 0 Å². The summed E-state index contributed by atoms with van der Waals surface area (Å²) in [7, 11) is 3.23. The molecule has 3 nitrogen and oxygen atoms in total. The SMILES string of the molecule is NCC1=C(CN)SSN1. The van der Waals surface area contributed by atoms with E-state index in [4.69, 9.17) is 11.5 Å². The monoisotopic (exact) mass is 163 g/mol. The van der Waals surface area contributed by atoms with Crippen LogP contribution in [0.2, 0.25) is 0 Å². The van der Waals surface area contributed by atoms with E-state index >= 15 is 0 Å². The third-order valence-corrected chi connectivity index (χ3v) is 3.16. The van der Waals surface area contributed by atoms with E-state index < -0.39 is 0 Å². The largest absolute Gasteiger partial charge is 0.326 e. The number of hydrogen-bond acceptors (Lipinski definition) is 5. The van der Waals surface area contributed by atoms with Gasteiger partial charge in [-0.1, -0.05) is 0 Å². The minimum Gasteiger partial charge on any atom is -0.326 e. The molecule has 1 aliphatic rings. The Balaban J connectivity index is 2.59. The lowest BCUT2D eigenvalue weighted by atomic mass is 10.4. The van der Waals surface area contributed by atoms with Gasteiger partial charge in [-0.25, -0.2) is 0 Å². The van der Waals surface area contributed by atoms with Crippen molar-refractivity contribution in [3.63, 3.8) is 0 Å². The fraction of sp³-hybridized carbons (Fsp3) is 0.500. The summed E-state index contributed by atoms with van der Waals surface area (Å²) >= 11 is 0. The lowest BCUT2D eigenvalue weighted by Gasteiger charge is -1.97. The maximum Gasteiger partial charge on any atom is 0.0472 e. The van der Waals surface area contributed by atoms with Crippen molar-refractivity contribution in [2.24, 2.45) is 11.5 Å². The first-order valence-corrected chi connectivity index (χ1v) is 4.75. The standard InChI is InChI=1S/C4H9N3S2/c5-1-3-4(2-6)8-9-7-3/h7H,1-2,5-6H2. The van der Waals surface area contributed by atoms with Crippen LogP contribution in [0, 0.1) is 0 Å². The van der Waals surface area contributed by atoms with Crippen LogP contribution in [0.3, 0.4) is 0 Å². The molecule has 0 saturated heterocycles. The molecule has 9 heavy (non-hydrogen) atoms. The molecule has 0 radical (unpaired) electrons. The van der Waals surface area contributed by atoms with Crippen molar-refractivity contribution in [3.8, 4) is 0 Å². The molecule has 0 amide bonds. The van der Waals surface area contributed by atoms with Gasteiger partial charge in [-0.2, -0.15) is 0 Å². The van der Waals surface area contributed by atoms with E-state index in [1.165, 1.54) is 4.91 Å². The zero-order chi connectivity index (χ0) is 6.69. The Kier molecular flexibility index (Phi) is 2.71. The molecule has 5 heteroatoms. The minimum absolute atomic E-state index is 0.562. The van der Waals surface area contributed by atoms with Gasteiger partial charge in [0.05, 0.1) is 0 Å². The molecule has 0 aromatic heterocycles. The normalized spacial score (nSPS) is 18.4. The molecule has 0 saturated carbocycles. The van der Waals surface area contributed by atoms with E-state index in [1.807, 2.05) is 0 Å². The van der Waals surface area contributed by atoms with Gasteiger partial charge in [-0.15, -0.1) is 0 Å². The van der Waals surface area contributed by atoms with Gasteiger partial charge in [0.25, 0.3) is 0 Å². The molecule has 0 spiro atoms. The summed E-state index contributed by atoms with van der Waals surface area (Å²) in [5.74, 6) is 0. The van der Waals surface area contributed by atoms with E-state index in [-0.39, 0.29) is 0 Å². The molecule has 0 unspecified atom stereocenters. The number of nitrogens with one attached hydrogen (secondary N) is 1. The second kappa shape index (κ2) is 3.36. The quantitative estimate of drug-likeness (QED) is 0.395. The highest BCUT2D eigenvalue weighted by molar-refractivity contribution is 8.77. The molecular weight excluding hydrogens is 154 g/mol. The van der Waals surface area contributed by atoms with E-state index in [0.717, 1.165) is 5.70 Å². The van der Waals surface area contributed by atoms with Crippen LogP contribution in [0.4, 0.5) is 0 Å². The molecule has 0 bridgehead atoms. The smallest absolute Gasteiger partial charge is 0.0472 e. The van der Waals surface area contributed by atoms with Gasteiger partial charge in [0, 0.05) is 34.7 Å². The number of hydrogen-bond donors (Lipinski definition) is 3. The van der Waals surface area contributed by atoms with Gasteiger partial charge < -0.3 is 16.2 Å². The van der Waals surface area contributed by atoms with Crippen molar-refractivity contribution < 1.29 is 0 Å². The third kappa shape index (κ3) is 1.54. The van der Waals surface area contributed by atoms with Gasteiger partial charge in [-0.3, -0.25) is 0 Å². The summed E-state index contributed by atoms with van der Waals surface area (Å²) in [6.07, 6.45) is 0. The molecule has 5 N–H and O–H groups in total. The maximum atomic E-state index is 5.41. The number of nitrogens with two attached hydrogens (primary N) is 2. The molecule has 0 aliphatic carbocycles. The Labute approximate surface area is 62.1 Å². The molecule has 0 atom stereocenters. The van der Waals surface area contributed by atoms with Gasteiger partial charge in [0.2, 0.25) is 0 Å². The molecule has 1 heterocycles. The predicted octanol–water partition coefficient (Wildman–Crippen LogP) is 0.0150. The first-order valence-electron chi connectivity index (χ1n) is 2.60. The van der Waals surface area contributed by atoms with Crippen molar-refractivity contribution in [1.29, 1.82) is 0 Å². The topological polar surface area (TPSA) is 64.1 Å². The summed E-state index contributed by atoms with van der Waals surface area (Å²) in [4.78, 5) is 1.17. The fourth-order valence-electron chi connectivity index (χ4n) is 0.541. The Morgan fingerprint density at radius 1 is 1.33 bits per heavy atom. The molecule has 1 aliphatic heterocycles. The summed E-state index contributed by atoms with van der Waals surface area (Å²) in [5, 5.41) is 0. The zero-order valence-electron chi connectivity index (χ0n) is 4.89. The van der Waals surface area contributed by atoms with Crippen LogP contribution in [-0.4, -0.2) is 13.1 Å². The van der Waals surface area contributed by atoms with Crippen molar-refractivity contribution >= 4 is 21.8 Å². The first kappa shape index (κ1) is 7.27. The third-order valence-electron chi connectivity index (χ3n) is 1.03. The highest BCUT2D eigenvalue weighted by Crippen LogP contribution is 2.35. The highest BCUT2D eigenvalue weighted by atomic mass is 33.1. The van der Waals surface area contributed by atoms with Crippen molar-refractivity contribution in [2.75, 3.05) is 13.1 Å². The number of rotatable bonds is 2. The maximum absolute atomic E-state index is 5.41. The molecule has 0 aromatic rings. The minimum atomic E-state index is 0.562. The fourth-order valence-corrected chi connectivity index (χ4v) is 2.59. The Morgan fingerprint density at radius 3 is 2.56 bits per heavy atom. The average Bonchev–Trinajstić information content (AvgIpc) is 2.33. The van der Waals surface area contributed by atoms with E-state index in [9.17, 15) is 0 Å². The molecular formula is C4H9N3S2. The summed E-state index contributed by atoms with van der Waals surface area (Å²) < 4.78 is 3.06. The van der Waals surface area contributed by atoms with Crippen LogP contribution in [0.5, 0.6) is 0 Å². The van der Waals surface area contributed by atoms with Crippen molar-refractivity contribution in [3.05, 3.63) is 10.6 Å². The van der Waals surface area contributed by atoms with E-state index in [0.29, 0.717) is 13.1 Å². The summed E-state index contributed by atoms with van der Waals surface area (Å²) in [5.41, 5.74) is 11.9. The molecule has 52 valence electrons. The molecule has 0 fully saturated rings. The van der Waals surface area contributed by atoms with Crippen LogP contribution in [0.25, 0.3) is 0 Å². The zero-order valence-corrected chi connectivity index (χ0v) is 6.52. The molecule has 1 rings (SSSR count). The first-order chi connectivity index (χ1) is 4.38. The van der Waals surface area contributed by atoms with Crippen LogP contribution < -0.4 is 16.2 Å². The Bertz CT molecular complexity index is 120. The summed E-state index contributed by atoms with van der Waals surface area (Å²) in [6, 6.07) is 0.